The Balaban J connectivity index is 4.18. The van der Waals surface area contributed by atoms with Crippen molar-refractivity contribution < 1.29 is 15.3 Å². The fourth-order valence-electron chi connectivity index (χ4n) is 1.57. The Bertz CT molecular complexity index is 173. The predicted molar refractivity (Wildman–Crippen MR) is 66.5 cm³/mol. The van der Waals surface area contributed by atoms with Crippen LogP contribution in [-0.4, -0.2) is 84.8 Å². The van der Waals surface area contributed by atoms with Gasteiger partial charge in [0.25, 0.3) is 0 Å². The zero-order valence-corrected chi connectivity index (χ0v) is 10.4. The van der Waals surface area contributed by atoms with Crippen LogP contribution in [0.1, 0.15) is 0 Å². The second-order valence-electron chi connectivity index (χ2n) is 4.21. The van der Waals surface area contributed by atoms with Crippen LogP contribution in [0.2, 0.25) is 0 Å². The average molecular weight is 250 g/mol. The summed E-state index contributed by atoms with van der Waals surface area (Å²) in [5, 5.41) is 31.5. The van der Waals surface area contributed by atoms with Crippen LogP contribution in [0.4, 0.5) is 0 Å². The Morgan fingerprint density at radius 3 is 1.71 bits per heavy atom. The second kappa shape index (κ2) is 9.72. The van der Waals surface area contributed by atoms with E-state index in [1.807, 2.05) is 0 Å². The van der Waals surface area contributed by atoms with E-state index in [1.165, 1.54) is 0 Å². The van der Waals surface area contributed by atoms with Gasteiger partial charge in [-0.3, -0.25) is 4.90 Å². The van der Waals surface area contributed by atoms with E-state index in [4.69, 9.17) is 11.5 Å². The third-order valence-electron chi connectivity index (χ3n) is 2.39. The highest BCUT2D eigenvalue weighted by atomic mass is 16.3. The van der Waals surface area contributed by atoms with E-state index in [9.17, 15) is 15.3 Å². The van der Waals surface area contributed by atoms with E-state index in [-0.39, 0.29) is 13.1 Å². The van der Waals surface area contributed by atoms with Gasteiger partial charge < -0.3 is 32.1 Å². The lowest BCUT2D eigenvalue weighted by Crippen LogP contribution is -2.46. The highest BCUT2D eigenvalue weighted by Crippen LogP contribution is 1.97. The molecule has 3 atom stereocenters. The molecule has 0 aromatic carbocycles. The van der Waals surface area contributed by atoms with Crippen LogP contribution in [0.3, 0.4) is 0 Å². The first kappa shape index (κ1) is 16.7. The van der Waals surface area contributed by atoms with Crippen molar-refractivity contribution in [3.8, 4) is 0 Å². The molecular formula is C10H26N4O3. The third-order valence-corrected chi connectivity index (χ3v) is 2.39. The van der Waals surface area contributed by atoms with Crippen LogP contribution in [0.25, 0.3) is 0 Å². The predicted octanol–water partition coefficient (Wildman–Crippen LogP) is -3.49. The monoisotopic (exact) mass is 250 g/mol. The summed E-state index contributed by atoms with van der Waals surface area (Å²) in [6.07, 6.45) is -1.89. The van der Waals surface area contributed by atoms with E-state index < -0.39 is 18.3 Å². The smallest absolute Gasteiger partial charge is 0.0791 e. The number of aliphatic hydroxyl groups is 3. The van der Waals surface area contributed by atoms with Crippen molar-refractivity contribution in [2.24, 2.45) is 11.5 Å². The summed E-state index contributed by atoms with van der Waals surface area (Å²) >= 11 is 0. The lowest BCUT2D eigenvalue weighted by Gasteiger charge is -2.28. The first-order valence-electron chi connectivity index (χ1n) is 5.84. The Hall–Kier alpha value is -0.280. The quantitative estimate of drug-likeness (QED) is 0.237. The number of likely N-dealkylation sites (N-methyl/N-ethyl adjacent to an activating group) is 1. The molecule has 0 saturated carbocycles. The van der Waals surface area contributed by atoms with E-state index in [2.05, 4.69) is 5.32 Å². The van der Waals surface area contributed by atoms with Gasteiger partial charge in [0.1, 0.15) is 0 Å². The maximum Gasteiger partial charge on any atom is 0.0791 e. The number of hydrogen-bond acceptors (Lipinski definition) is 7. The Morgan fingerprint density at radius 2 is 1.35 bits per heavy atom. The van der Waals surface area contributed by atoms with E-state index in [1.54, 1.807) is 11.9 Å². The molecule has 8 N–H and O–H groups in total. The number of rotatable bonds is 10. The van der Waals surface area contributed by atoms with Gasteiger partial charge >= 0.3 is 0 Å². The van der Waals surface area contributed by atoms with E-state index in [0.717, 1.165) is 0 Å². The molecule has 0 aliphatic carbocycles. The first-order chi connectivity index (χ1) is 8.03. The minimum atomic E-state index is -0.665. The molecule has 0 fully saturated rings. The zero-order chi connectivity index (χ0) is 13.3. The number of hydrogen-bond donors (Lipinski definition) is 6. The van der Waals surface area contributed by atoms with Crippen LogP contribution < -0.4 is 16.8 Å². The highest BCUT2D eigenvalue weighted by Gasteiger charge is 2.17. The second-order valence-corrected chi connectivity index (χ2v) is 4.21. The van der Waals surface area contributed by atoms with Crippen molar-refractivity contribution in [1.82, 2.24) is 10.2 Å². The van der Waals surface area contributed by atoms with Crippen molar-refractivity contribution in [3.05, 3.63) is 0 Å². The van der Waals surface area contributed by atoms with Crippen molar-refractivity contribution in [2.75, 3.05) is 46.3 Å². The summed E-state index contributed by atoms with van der Waals surface area (Å²) in [6, 6.07) is 0. The Morgan fingerprint density at radius 1 is 0.941 bits per heavy atom. The first-order valence-corrected chi connectivity index (χ1v) is 5.84. The van der Waals surface area contributed by atoms with Crippen LogP contribution in [0, 0.1) is 0 Å². The number of aliphatic hydroxyl groups excluding tert-OH is 3. The molecule has 7 heteroatoms. The largest absolute Gasteiger partial charge is 0.390 e. The molecule has 17 heavy (non-hydrogen) atoms. The molecule has 0 aromatic rings. The molecule has 104 valence electrons. The van der Waals surface area contributed by atoms with Crippen LogP contribution in [-0.2, 0) is 0 Å². The van der Waals surface area contributed by atoms with Gasteiger partial charge in [0.05, 0.1) is 18.3 Å². The fraction of sp³-hybridized carbons (Fsp3) is 1.00. The molecule has 0 spiro atoms. The Labute approximate surface area is 102 Å². The molecular weight excluding hydrogens is 224 g/mol. The number of nitrogens with two attached hydrogens (primary N) is 2. The molecule has 0 amide bonds. The molecule has 0 bridgehead atoms. The van der Waals surface area contributed by atoms with Gasteiger partial charge in [-0.25, -0.2) is 0 Å². The SMILES string of the molecule is CNCC(O)CN(CC(O)CN)CC(O)CN. The van der Waals surface area contributed by atoms with Crippen molar-refractivity contribution in [3.63, 3.8) is 0 Å². The Kier molecular flexibility index (Phi) is 9.56. The molecule has 0 rings (SSSR count). The molecule has 0 radical (unpaired) electrons. The molecule has 0 aliphatic rings. The molecule has 0 saturated heterocycles. The van der Waals surface area contributed by atoms with Gasteiger partial charge in [0.15, 0.2) is 0 Å². The topological polar surface area (TPSA) is 128 Å². The van der Waals surface area contributed by atoms with Gasteiger partial charge in [-0.2, -0.15) is 0 Å². The van der Waals surface area contributed by atoms with E-state index in [0.29, 0.717) is 26.2 Å². The van der Waals surface area contributed by atoms with Crippen molar-refractivity contribution in [2.45, 2.75) is 18.3 Å². The summed E-state index contributed by atoms with van der Waals surface area (Å²) in [7, 11) is 1.75. The minimum Gasteiger partial charge on any atom is -0.390 e. The zero-order valence-electron chi connectivity index (χ0n) is 10.4. The van der Waals surface area contributed by atoms with Gasteiger partial charge in [-0.15, -0.1) is 0 Å². The fourth-order valence-corrected chi connectivity index (χ4v) is 1.57. The lowest BCUT2D eigenvalue weighted by molar-refractivity contribution is 0.0433. The summed E-state index contributed by atoms with van der Waals surface area (Å²) < 4.78 is 0. The summed E-state index contributed by atoms with van der Waals surface area (Å²) in [4.78, 5) is 1.76. The van der Waals surface area contributed by atoms with Crippen molar-refractivity contribution >= 4 is 0 Å². The maximum absolute atomic E-state index is 9.66. The molecule has 0 aromatic heterocycles. The van der Waals surface area contributed by atoms with Gasteiger partial charge in [-0.1, -0.05) is 0 Å². The third kappa shape index (κ3) is 8.44. The lowest BCUT2D eigenvalue weighted by atomic mass is 10.2. The highest BCUT2D eigenvalue weighted by molar-refractivity contribution is 4.73. The van der Waals surface area contributed by atoms with Crippen LogP contribution >= 0.6 is 0 Å². The average Bonchev–Trinajstić information content (AvgIpc) is 2.28. The summed E-state index contributed by atoms with van der Waals surface area (Å²) in [5.74, 6) is 0. The standard InChI is InChI=1S/C10H26N4O3/c1-13-4-10(17)7-14(5-8(15)2-11)6-9(16)3-12/h8-10,13,15-17H,2-7,11-12H2,1H3. The summed E-state index contributed by atoms with van der Waals surface area (Å²) in [5.41, 5.74) is 10.7. The molecule has 3 unspecified atom stereocenters. The van der Waals surface area contributed by atoms with Crippen molar-refractivity contribution in [1.29, 1.82) is 0 Å². The molecule has 7 nitrogen and oxygen atoms in total. The molecule has 0 heterocycles. The van der Waals surface area contributed by atoms with E-state index >= 15 is 0 Å². The number of nitrogens with one attached hydrogen (secondary N) is 1. The van der Waals surface area contributed by atoms with Crippen LogP contribution in [0.5, 0.6) is 0 Å². The minimum absolute atomic E-state index is 0.150. The normalized spacial score (nSPS) is 17.1. The van der Waals surface area contributed by atoms with Crippen LogP contribution in [0.15, 0.2) is 0 Å². The maximum atomic E-state index is 9.66. The molecule has 0 aliphatic heterocycles. The number of nitrogens with zero attached hydrogens (tertiary/aromatic N) is 1. The van der Waals surface area contributed by atoms with Gasteiger partial charge in [-0.05, 0) is 7.05 Å². The van der Waals surface area contributed by atoms with Gasteiger partial charge in [0.2, 0.25) is 0 Å². The summed E-state index contributed by atoms with van der Waals surface area (Å²) in [6.45, 7) is 1.74. The van der Waals surface area contributed by atoms with Gasteiger partial charge in [0, 0.05) is 39.3 Å².